The first kappa shape index (κ1) is 16.9. The third-order valence-electron chi connectivity index (χ3n) is 3.61. The van der Waals surface area contributed by atoms with Gasteiger partial charge in [-0.3, -0.25) is 9.78 Å². The van der Waals surface area contributed by atoms with Crippen molar-refractivity contribution in [1.82, 2.24) is 4.98 Å². The number of nitrogens with one attached hydrogen (secondary N) is 1. The van der Waals surface area contributed by atoms with E-state index in [4.69, 9.17) is 0 Å². The van der Waals surface area contributed by atoms with E-state index in [1.165, 1.54) is 6.20 Å². The Hall–Kier alpha value is -2.99. The largest absolute Gasteiger partial charge is 0.320 e. The average molecular weight is 352 g/mol. The topological polar surface area (TPSA) is 76.1 Å². The molecule has 0 aliphatic carbocycles. The zero-order valence-corrected chi connectivity index (χ0v) is 14.1. The molecule has 3 rings (SSSR count). The molecule has 0 aliphatic heterocycles. The van der Waals surface area contributed by atoms with E-state index < -0.39 is 9.84 Å². The van der Waals surface area contributed by atoms with Gasteiger partial charge in [-0.2, -0.15) is 0 Å². The molecule has 0 atom stereocenters. The highest BCUT2D eigenvalue weighted by molar-refractivity contribution is 7.90. The Labute approximate surface area is 146 Å². The second kappa shape index (κ2) is 7.27. The Morgan fingerprint density at radius 3 is 2.28 bits per heavy atom. The number of carbonyl (C=O) groups excluding carboxylic acids is 1. The molecule has 0 bridgehead atoms. The Morgan fingerprint density at radius 1 is 0.880 bits per heavy atom. The first-order chi connectivity index (χ1) is 12.1. The highest BCUT2D eigenvalue weighted by Gasteiger charge is 2.18. The third-order valence-corrected chi connectivity index (χ3v) is 5.29. The smallest absolute Gasteiger partial charge is 0.274 e. The fraction of sp³-hybridized carbons (Fsp3) is 0.0526. The van der Waals surface area contributed by atoms with Gasteiger partial charge in [0, 0.05) is 11.9 Å². The van der Waals surface area contributed by atoms with E-state index in [1.807, 2.05) is 0 Å². The highest BCUT2D eigenvalue weighted by atomic mass is 32.2. The molecule has 0 saturated carbocycles. The second-order valence-electron chi connectivity index (χ2n) is 5.40. The van der Waals surface area contributed by atoms with Gasteiger partial charge in [0.1, 0.15) is 5.69 Å². The normalized spacial score (nSPS) is 11.0. The van der Waals surface area contributed by atoms with Gasteiger partial charge in [-0.15, -0.1) is 0 Å². The summed E-state index contributed by atoms with van der Waals surface area (Å²) in [4.78, 5) is 16.5. The minimum absolute atomic E-state index is 0.199. The number of carbonyl (C=O) groups is 1. The lowest BCUT2D eigenvalue weighted by molar-refractivity contribution is 0.102. The molecule has 0 unspecified atom stereocenters. The highest BCUT2D eigenvalue weighted by Crippen LogP contribution is 2.22. The predicted octanol–water partition coefficient (Wildman–Crippen LogP) is 3.31. The summed E-state index contributed by atoms with van der Waals surface area (Å²) in [6.07, 6.45) is 1.53. The monoisotopic (exact) mass is 352 g/mol. The molecular formula is C19H16N2O3S. The third kappa shape index (κ3) is 4.10. The van der Waals surface area contributed by atoms with Crippen molar-refractivity contribution in [2.24, 2.45) is 0 Å². The van der Waals surface area contributed by atoms with Crippen LogP contribution in [-0.4, -0.2) is 19.3 Å². The number of para-hydroxylation sites is 1. The van der Waals surface area contributed by atoms with Crippen molar-refractivity contribution < 1.29 is 13.2 Å². The Morgan fingerprint density at radius 2 is 1.56 bits per heavy atom. The van der Waals surface area contributed by atoms with E-state index in [0.29, 0.717) is 11.3 Å². The van der Waals surface area contributed by atoms with Crippen LogP contribution >= 0.6 is 0 Å². The lowest BCUT2D eigenvalue weighted by atomic mass is 10.2. The predicted molar refractivity (Wildman–Crippen MR) is 96.0 cm³/mol. The lowest BCUT2D eigenvalue weighted by Gasteiger charge is -2.11. The van der Waals surface area contributed by atoms with E-state index in [9.17, 15) is 13.2 Å². The molecule has 25 heavy (non-hydrogen) atoms. The quantitative estimate of drug-likeness (QED) is 0.764. The molecule has 1 aromatic heterocycles. The fourth-order valence-corrected chi connectivity index (χ4v) is 3.77. The summed E-state index contributed by atoms with van der Waals surface area (Å²) in [6.45, 7) is 0. The van der Waals surface area contributed by atoms with Crippen LogP contribution in [0.2, 0.25) is 0 Å². The zero-order chi connectivity index (χ0) is 17.7. The number of amides is 1. The van der Waals surface area contributed by atoms with Gasteiger partial charge in [-0.1, -0.05) is 42.5 Å². The molecular weight excluding hydrogens is 336 g/mol. The molecule has 6 heteroatoms. The van der Waals surface area contributed by atoms with Crippen LogP contribution < -0.4 is 5.32 Å². The van der Waals surface area contributed by atoms with E-state index in [2.05, 4.69) is 10.3 Å². The maximum atomic E-state index is 12.6. The molecule has 0 spiro atoms. The number of sulfone groups is 1. The van der Waals surface area contributed by atoms with Crippen LogP contribution in [0.3, 0.4) is 0 Å². The van der Waals surface area contributed by atoms with Gasteiger partial charge in [0.25, 0.3) is 5.91 Å². The first-order valence-corrected chi connectivity index (χ1v) is 9.29. The number of hydrogen-bond acceptors (Lipinski definition) is 4. The van der Waals surface area contributed by atoms with Crippen LogP contribution in [0.15, 0.2) is 83.9 Å². The maximum Gasteiger partial charge on any atom is 0.274 e. The van der Waals surface area contributed by atoms with Gasteiger partial charge in [-0.25, -0.2) is 8.42 Å². The summed E-state index contributed by atoms with van der Waals surface area (Å²) in [5, 5.41) is 2.73. The molecule has 1 N–H and O–H groups in total. The van der Waals surface area contributed by atoms with Crippen LogP contribution in [0.25, 0.3) is 0 Å². The summed E-state index contributed by atoms with van der Waals surface area (Å²) < 4.78 is 25.2. The first-order valence-electron chi connectivity index (χ1n) is 7.64. The molecule has 1 heterocycles. The SMILES string of the molecule is O=C(Nc1ccccc1CS(=O)(=O)c1ccccc1)c1ccccn1. The van der Waals surface area contributed by atoms with Crippen molar-refractivity contribution in [3.8, 4) is 0 Å². The van der Waals surface area contributed by atoms with E-state index >= 15 is 0 Å². The van der Waals surface area contributed by atoms with Crippen molar-refractivity contribution in [2.75, 3.05) is 5.32 Å². The summed E-state index contributed by atoms with van der Waals surface area (Å²) in [6, 6.07) is 20.1. The second-order valence-corrected chi connectivity index (χ2v) is 7.39. The number of pyridine rings is 1. The van der Waals surface area contributed by atoms with Crippen LogP contribution in [0.5, 0.6) is 0 Å². The number of benzene rings is 2. The van der Waals surface area contributed by atoms with Gasteiger partial charge >= 0.3 is 0 Å². The standard InChI is InChI=1S/C19H16N2O3S/c22-19(18-12-6-7-13-20-18)21-17-11-5-4-8-15(17)14-25(23,24)16-9-2-1-3-10-16/h1-13H,14H2,(H,21,22). The Balaban J connectivity index is 1.86. The molecule has 2 aromatic carbocycles. The van der Waals surface area contributed by atoms with Gasteiger partial charge < -0.3 is 5.32 Å². The lowest BCUT2D eigenvalue weighted by Crippen LogP contribution is -2.15. The average Bonchev–Trinajstić information content (AvgIpc) is 2.64. The van der Waals surface area contributed by atoms with Gasteiger partial charge in [-0.05, 0) is 35.9 Å². The summed E-state index contributed by atoms with van der Waals surface area (Å²) in [5.74, 6) is -0.583. The maximum absolute atomic E-state index is 12.6. The molecule has 0 radical (unpaired) electrons. The molecule has 126 valence electrons. The van der Waals surface area contributed by atoms with Gasteiger partial charge in [0.2, 0.25) is 0 Å². The number of hydrogen-bond donors (Lipinski definition) is 1. The number of aromatic nitrogens is 1. The summed E-state index contributed by atoms with van der Waals surface area (Å²) in [5.41, 5.74) is 1.25. The minimum atomic E-state index is -3.50. The minimum Gasteiger partial charge on any atom is -0.320 e. The van der Waals surface area contributed by atoms with E-state index in [0.717, 1.165) is 0 Å². The van der Waals surface area contributed by atoms with Gasteiger partial charge in [0.05, 0.1) is 10.6 Å². The zero-order valence-electron chi connectivity index (χ0n) is 13.3. The van der Waals surface area contributed by atoms with Crippen molar-refractivity contribution >= 4 is 21.4 Å². The molecule has 0 fully saturated rings. The molecule has 0 aliphatic rings. The van der Waals surface area contributed by atoms with Crippen molar-refractivity contribution in [1.29, 1.82) is 0 Å². The van der Waals surface area contributed by atoms with Crippen LogP contribution in [0, 0.1) is 0 Å². The van der Waals surface area contributed by atoms with Crippen molar-refractivity contribution in [3.05, 3.63) is 90.3 Å². The molecule has 3 aromatic rings. The van der Waals surface area contributed by atoms with Crippen molar-refractivity contribution in [3.63, 3.8) is 0 Å². The van der Waals surface area contributed by atoms with Crippen LogP contribution in [0.1, 0.15) is 16.1 Å². The van der Waals surface area contributed by atoms with Crippen LogP contribution in [-0.2, 0) is 15.6 Å². The summed E-state index contributed by atoms with van der Waals surface area (Å²) in [7, 11) is -3.50. The van der Waals surface area contributed by atoms with E-state index in [1.54, 1.807) is 72.8 Å². The molecule has 0 saturated heterocycles. The van der Waals surface area contributed by atoms with Gasteiger partial charge in [0.15, 0.2) is 9.84 Å². The Bertz CT molecular complexity index is 972. The van der Waals surface area contributed by atoms with Crippen molar-refractivity contribution in [2.45, 2.75) is 10.6 Å². The molecule has 1 amide bonds. The summed E-state index contributed by atoms with van der Waals surface area (Å²) >= 11 is 0. The fourth-order valence-electron chi connectivity index (χ4n) is 2.37. The Kier molecular flexibility index (Phi) is 4.90. The van der Waals surface area contributed by atoms with E-state index in [-0.39, 0.29) is 22.2 Å². The van der Waals surface area contributed by atoms with Crippen LogP contribution in [0.4, 0.5) is 5.69 Å². The molecule has 5 nitrogen and oxygen atoms in total. The number of nitrogens with zero attached hydrogens (tertiary/aromatic N) is 1. The number of anilines is 1. The number of rotatable bonds is 5.